The quantitative estimate of drug-likeness (QED) is 0.460. The van der Waals surface area contributed by atoms with Gasteiger partial charge in [0.15, 0.2) is 6.04 Å². The van der Waals surface area contributed by atoms with Crippen molar-refractivity contribution < 1.29 is 19.4 Å². The van der Waals surface area contributed by atoms with Crippen LogP contribution in [0.4, 0.5) is 0 Å². The van der Waals surface area contributed by atoms with Crippen LogP contribution >= 0.6 is 0 Å². The summed E-state index contributed by atoms with van der Waals surface area (Å²) in [6, 6.07) is 12.6. The zero-order chi connectivity index (χ0) is 22.1. The summed E-state index contributed by atoms with van der Waals surface area (Å²) in [5.74, 6) is -0.996. The molecule has 2 aromatic rings. The van der Waals surface area contributed by atoms with Crippen LogP contribution < -0.4 is 5.32 Å². The van der Waals surface area contributed by atoms with Crippen LogP contribution in [-0.4, -0.2) is 36.2 Å². The minimum absolute atomic E-state index is 0.101. The van der Waals surface area contributed by atoms with Crippen LogP contribution in [0.3, 0.4) is 0 Å². The van der Waals surface area contributed by atoms with E-state index in [-0.39, 0.29) is 18.1 Å². The number of rotatable bonds is 10. The van der Waals surface area contributed by atoms with Crippen molar-refractivity contribution in [3.63, 3.8) is 0 Å². The van der Waals surface area contributed by atoms with Crippen molar-refractivity contribution >= 4 is 11.9 Å². The van der Waals surface area contributed by atoms with Gasteiger partial charge in [-0.3, -0.25) is 4.79 Å². The number of carbonyl (C=O) groups is 2. The molecule has 7 heteroatoms. The van der Waals surface area contributed by atoms with Gasteiger partial charge in [-0.2, -0.15) is 0 Å². The van der Waals surface area contributed by atoms with Crippen molar-refractivity contribution in [2.75, 3.05) is 7.11 Å². The summed E-state index contributed by atoms with van der Waals surface area (Å²) in [5.41, 5.74) is 2.66. The molecule has 0 saturated carbocycles. The molecule has 0 fully saturated rings. The molecule has 0 aliphatic heterocycles. The minimum atomic E-state index is -1.07. The standard InChI is InChI=1S/C23H28N2O5/c1-15(2)11-20(25-29)22(27)24-21(23(28)30-3)14-17-9-10-19(26)13-18(17)12-16-7-5-4-6-8-16/h4-10,13,15,20-21,26H,11-12,14H2,1-3H3,(H,24,27)/t20?,21-/m0/s1. The van der Waals surface area contributed by atoms with E-state index in [4.69, 9.17) is 4.74 Å². The van der Waals surface area contributed by atoms with Gasteiger partial charge in [0.05, 0.1) is 7.11 Å². The second-order valence-electron chi connectivity index (χ2n) is 7.65. The Kier molecular flexibility index (Phi) is 8.53. The highest BCUT2D eigenvalue weighted by Gasteiger charge is 2.28. The Balaban J connectivity index is 2.25. The lowest BCUT2D eigenvalue weighted by Crippen LogP contribution is -2.47. The molecule has 2 aromatic carbocycles. The number of hydrogen-bond acceptors (Lipinski definition) is 6. The second kappa shape index (κ2) is 11.1. The van der Waals surface area contributed by atoms with E-state index in [1.54, 1.807) is 12.1 Å². The Morgan fingerprint density at radius 3 is 2.40 bits per heavy atom. The molecule has 0 spiro atoms. The SMILES string of the molecule is COC(=O)[C@H](Cc1ccc(O)cc1Cc1ccccc1)NC(=O)C(CC(C)C)N=O. The highest BCUT2D eigenvalue weighted by Crippen LogP contribution is 2.22. The van der Waals surface area contributed by atoms with E-state index in [1.165, 1.54) is 13.2 Å². The molecule has 0 saturated heterocycles. The molecule has 160 valence electrons. The van der Waals surface area contributed by atoms with Gasteiger partial charge in [-0.15, -0.1) is 4.91 Å². The van der Waals surface area contributed by atoms with Gasteiger partial charge in [0.2, 0.25) is 5.91 Å². The number of ether oxygens (including phenoxy) is 1. The van der Waals surface area contributed by atoms with Gasteiger partial charge >= 0.3 is 5.97 Å². The molecule has 2 atom stereocenters. The lowest BCUT2D eigenvalue weighted by Gasteiger charge is -2.20. The Hall–Kier alpha value is -3.22. The van der Waals surface area contributed by atoms with E-state index in [0.717, 1.165) is 16.7 Å². The van der Waals surface area contributed by atoms with Gasteiger partial charge in [0.25, 0.3) is 0 Å². The van der Waals surface area contributed by atoms with Crippen LogP contribution in [0.2, 0.25) is 0 Å². The first-order valence-electron chi connectivity index (χ1n) is 9.89. The van der Waals surface area contributed by atoms with E-state index in [9.17, 15) is 19.6 Å². The third kappa shape index (κ3) is 6.69. The van der Waals surface area contributed by atoms with Crippen LogP contribution in [0.5, 0.6) is 5.75 Å². The van der Waals surface area contributed by atoms with Gasteiger partial charge in [-0.05, 0) is 47.6 Å². The minimum Gasteiger partial charge on any atom is -0.508 e. The number of phenols is 1. The number of nitrogens with zero attached hydrogens (tertiary/aromatic N) is 1. The Morgan fingerprint density at radius 1 is 1.10 bits per heavy atom. The topological polar surface area (TPSA) is 105 Å². The van der Waals surface area contributed by atoms with E-state index < -0.39 is 24.0 Å². The maximum Gasteiger partial charge on any atom is 0.328 e. The third-order valence-electron chi connectivity index (χ3n) is 4.78. The highest BCUT2D eigenvalue weighted by molar-refractivity contribution is 5.87. The van der Waals surface area contributed by atoms with Crippen LogP contribution in [0.15, 0.2) is 53.7 Å². The fraction of sp³-hybridized carbons (Fsp3) is 0.391. The number of esters is 1. The molecular weight excluding hydrogens is 384 g/mol. The number of aromatic hydroxyl groups is 1. The highest BCUT2D eigenvalue weighted by atomic mass is 16.5. The van der Waals surface area contributed by atoms with Crippen molar-refractivity contribution in [3.05, 3.63) is 70.1 Å². The molecule has 0 aromatic heterocycles. The lowest BCUT2D eigenvalue weighted by molar-refractivity contribution is -0.145. The summed E-state index contributed by atoms with van der Waals surface area (Å²) in [6.45, 7) is 3.77. The first-order valence-corrected chi connectivity index (χ1v) is 9.89. The lowest BCUT2D eigenvalue weighted by atomic mass is 9.94. The number of methoxy groups -OCH3 is 1. The number of benzene rings is 2. The number of hydrogen-bond donors (Lipinski definition) is 2. The average molecular weight is 412 g/mol. The first-order chi connectivity index (χ1) is 14.3. The van der Waals surface area contributed by atoms with E-state index in [0.29, 0.717) is 12.8 Å². The molecule has 0 bridgehead atoms. The normalized spacial score (nSPS) is 12.8. The average Bonchev–Trinajstić information content (AvgIpc) is 2.73. The number of phenolic OH excluding ortho intramolecular Hbond substituents is 1. The number of carbonyl (C=O) groups excluding carboxylic acids is 2. The molecule has 7 nitrogen and oxygen atoms in total. The number of amides is 1. The molecule has 0 radical (unpaired) electrons. The van der Waals surface area contributed by atoms with Gasteiger partial charge in [-0.1, -0.05) is 55.4 Å². The van der Waals surface area contributed by atoms with E-state index >= 15 is 0 Å². The van der Waals surface area contributed by atoms with Crippen molar-refractivity contribution in [1.82, 2.24) is 5.32 Å². The fourth-order valence-electron chi connectivity index (χ4n) is 3.26. The molecule has 2 N–H and O–H groups in total. The zero-order valence-corrected chi connectivity index (χ0v) is 17.5. The van der Waals surface area contributed by atoms with Gasteiger partial charge < -0.3 is 15.2 Å². The van der Waals surface area contributed by atoms with Crippen molar-refractivity contribution in [2.24, 2.45) is 11.1 Å². The molecule has 0 aliphatic carbocycles. The summed E-state index contributed by atoms with van der Waals surface area (Å²) in [5, 5.41) is 15.5. The molecule has 2 rings (SSSR count). The predicted octanol–water partition coefficient (Wildman–Crippen LogP) is 3.36. The summed E-state index contributed by atoms with van der Waals surface area (Å²) in [4.78, 5) is 35.9. The van der Waals surface area contributed by atoms with Crippen LogP contribution in [0.25, 0.3) is 0 Å². The van der Waals surface area contributed by atoms with Crippen molar-refractivity contribution in [1.29, 1.82) is 0 Å². The third-order valence-corrected chi connectivity index (χ3v) is 4.78. The zero-order valence-electron chi connectivity index (χ0n) is 17.5. The molecule has 1 unspecified atom stereocenters. The van der Waals surface area contributed by atoms with Gasteiger partial charge in [-0.25, -0.2) is 4.79 Å². The Bertz CT molecular complexity index is 867. The maximum absolute atomic E-state index is 12.5. The molecule has 30 heavy (non-hydrogen) atoms. The molecule has 0 aliphatic rings. The van der Waals surface area contributed by atoms with Crippen LogP contribution in [0.1, 0.15) is 37.0 Å². The predicted molar refractivity (Wildman–Crippen MR) is 114 cm³/mol. The van der Waals surface area contributed by atoms with Crippen molar-refractivity contribution in [3.8, 4) is 5.75 Å². The summed E-state index contributed by atoms with van der Waals surface area (Å²) < 4.78 is 4.85. The molecule has 0 heterocycles. The molecule has 1 amide bonds. The second-order valence-corrected chi connectivity index (χ2v) is 7.65. The fourth-order valence-corrected chi connectivity index (χ4v) is 3.26. The number of nitrogens with one attached hydrogen (secondary N) is 1. The largest absolute Gasteiger partial charge is 0.508 e. The smallest absolute Gasteiger partial charge is 0.328 e. The van der Waals surface area contributed by atoms with Crippen LogP contribution in [0, 0.1) is 10.8 Å². The Labute approximate surface area is 176 Å². The van der Waals surface area contributed by atoms with Gasteiger partial charge in [0.1, 0.15) is 11.8 Å². The summed E-state index contributed by atoms with van der Waals surface area (Å²) in [6.07, 6.45) is 1.01. The number of nitroso groups, excluding NO2 is 1. The summed E-state index contributed by atoms with van der Waals surface area (Å²) >= 11 is 0. The summed E-state index contributed by atoms with van der Waals surface area (Å²) in [7, 11) is 1.24. The van der Waals surface area contributed by atoms with E-state index in [2.05, 4.69) is 10.5 Å². The monoisotopic (exact) mass is 412 g/mol. The van der Waals surface area contributed by atoms with Crippen molar-refractivity contribution in [2.45, 2.75) is 45.2 Å². The maximum atomic E-state index is 12.5. The van der Waals surface area contributed by atoms with Gasteiger partial charge in [0, 0.05) is 6.42 Å². The van der Waals surface area contributed by atoms with Crippen LogP contribution in [-0.2, 0) is 27.2 Å². The Morgan fingerprint density at radius 2 is 1.80 bits per heavy atom. The van der Waals surface area contributed by atoms with E-state index in [1.807, 2.05) is 44.2 Å². The molecular formula is C23H28N2O5. The first kappa shape index (κ1) is 23.1.